The highest BCUT2D eigenvalue weighted by atomic mass is 16.6. The second-order valence-corrected chi connectivity index (χ2v) is 4.62. The molecule has 1 unspecified atom stereocenters. The molecule has 1 atom stereocenters. The smallest absolute Gasteiger partial charge is 0.305 e. The molecule has 0 aliphatic carbocycles. The van der Waals surface area contributed by atoms with Crippen molar-refractivity contribution in [3.8, 4) is 0 Å². The summed E-state index contributed by atoms with van der Waals surface area (Å²) in [6, 6.07) is 4.06. The molecule has 1 aliphatic rings. The molecular weight excluding hydrogens is 278 g/mol. The van der Waals surface area contributed by atoms with Gasteiger partial charge in [-0.1, -0.05) is 6.07 Å². The number of aliphatic hydroxyl groups excluding tert-OH is 1. The van der Waals surface area contributed by atoms with Gasteiger partial charge in [-0.25, -0.2) is 0 Å². The van der Waals surface area contributed by atoms with E-state index in [9.17, 15) is 20.0 Å². The van der Waals surface area contributed by atoms with Crippen LogP contribution in [0.4, 0.5) is 11.4 Å². The van der Waals surface area contributed by atoms with Gasteiger partial charge in [0.05, 0.1) is 30.8 Å². The van der Waals surface area contributed by atoms with Gasteiger partial charge in [0.15, 0.2) is 0 Å². The number of morpholine rings is 1. The summed E-state index contributed by atoms with van der Waals surface area (Å²) < 4.78 is 5.21. The number of nitro groups is 1. The molecule has 8 heteroatoms. The van der Waals surface area contributed by atoms with Gasteiger partial charge in [0.25, 0.3) is 5.91 Å². The normalized spacial score (nSPS) is 18.4. The molecule has 1 fully saturated rings. The highest BCUT2D eigenvalue weighted by molar-refractivity contribution is 6.00. The summed E-state index contributed by atoms with van der Waals surface area (Å²) in [5.41, 5.74) is 0.0278. The third kappa shape index (κ3) is 2.96. The predicted octanol–water partition coefficient (Wildman–Crippen LogP) is 0.470. The maximum Gasteiger partial charge on any atom is 0.305 e. The second kappa shape index (κ2) is 6.51. The highest BCUT2D eigenvalue weighted by Gasteiger charge is 2.32. The summed E-state index contributed by atoms with van der Waals surface area (Å²) >= 11 is 0. The van der Waals surface area contributed by atoms with E-state index in [-0.39, 0.29) is 30.2 Å². The molecular formula is C13H17N3O5. The summed E-state index contributed by atoms with van der Waals surface area (Å²) in [5, 5.41) is 23.3. The fourth-order valence-corrected chi connectivity index (χ4v) is 2.34. The van der Waals surface area contributed by atoms with Crippen LogP contribution in [0.1, 0.15) is 10.4 Å². The van der Waals surface area contributed by atoms with Crippen LogP contribution in [0.15, 0.2) is 18.2 Å². The Balaban J connectivity index is 2.40. The SMILES string of the molecule is CNc1cccc(C(=O)N2CCOCC2CO)c1[N+](=O)[O-]. The molecule has 21 heavy (non-hydrogen) atoms. The van der Waals surface area contributed by atoms with Gasteiger partial charge in [-0.15, -0.1) is 0 Å². The number of carbonyl (C=O) groups is 1. The van der Waals surface area contributed by atoms with Crippen LogP contribution in [0.5, 0.6) is 0 Å². The third-order valence-corrected chi connectivity index (χ3v) is 3.42. The van der Waals surface area contributed by atoms with Crippen LogP contribution < -0.4 is 5.32 Å². The number of ether oxygens (including phenoxy) is 1. The van der Waals surface area contributed by atoms with Crippen LogP contribution in [0, 0.1) is 10.1 Å². The van der Waals surface area contributed by atoms with E-state index in [0.717, 1.165) is 0 Å². The number of hydrogen-bond acceptors (Lipinski definition) is 6. The zero-order valence-electron chi connectivity index (χ0n) is 11.6. The van der Waals surface area contributed by atoms with E-state index >= 15 is 0 Å². The predicted molar refractivity (Wildman–Crippen MR) is 75.4 cm³/mol. The molecule has 2 N–H and O–H groups in total. The minimum absolute atomic E-state index is 0.00667. The average molecular weight is 295 g/mol. The maximum absolute atomic E-state index is 12.6. The number of nitro benzene ring substituents is 1. The Hall–Kier alpha value is -2.19. The fourth-order valence-electron chi connectivity index (χ4n) is 2.34. The van der Waals surface area contributed by atoms with Gasteiger partial charge in [-0.05, 0) is 12.1 Å². The van der Waals surface area contributed by atoms with Crippen molar-refractivity contribution in [2.45, 2.75) is 6.04 Å². The number of carbonyl (C=O) groups excluding carboxylic acids is 1. The Kier molecular flexibility index (Phi) is 4.71. The first kappa shape index (κ1) is 15.2. The minimum atomic E-state index is -0.576. The molecule has 0 spiro atoms. The Labute approximate surface area is 121 Å². The van der Waals surface area contributed by atoms with Crippen molar-refractivity contribution < 1.29 is 19.6 Å². The van der Waals surface area contributed by atoms with E-state index in [4.69, 9.17) is 4.74 Å². The number of hydrogen-bond donors (Lipinski definition) is 2. The van der Waals surface area contributed by atoms with Crippen molar-refractivity contribution in [3.05, 3.63) is 33.9 Å². The molecule has 1 aliphatic heterocycles. The number of anilines is 1. The number of rotatable bonds is 4. The third-order valence-electron chi connectivity index (χ3n) is 3.42. The van der Waals surface area contributed by atoms with E-state index < -0.39 is 16.9 Å². The maximum atomic E-state index is 12.6. The molecule has 2 rings (SSSR count). The Bertz CT molecular complexity index is 549. The Morgan fingerprint density at radius 2 is 2.38 bits per heavy atom. The number of nitrogens with zero attached hydrogens (tertiary/aromatic N) is 2. The van der Waals surface area contributed by atoms with Crippen molar-refractivity contribution in [2.24, 2.45) is 0 Å². The van der Waals surface area contributed by atoms with Crippen molar-refractivity contribution >= 4 is 17.3 Å². The number of aliphatic hydroxyl groups is 1. The summed E-state index contributed by atoms with van der Waals surface area (Å²) in [4.78, 5) is 24.7. The quantitative estimate of drug-likeness (QED) is 0.618. The highest BCUT2D eigenvalue weighted by Crippen LogP contribution is 2.29. The summed E-state index contributed by atoms with van der Waals surface area (Å²) in [6.07, 6.45) is 0. The Morgan fingerprint density at radius 3 is 3.00 bits per heavy atom. The standard InChI is InChI=1S/C13H17N3O5/c1-14-11-4-2-3-10(12(11)16(19)20)13(18)15-5-6-21-8-9(15)7-17/h2-4,9,14,17H,5-8H2,1H3. The molecule has 1 heterocycles. The average Bonchev–Trinajstić information content (AvgIpc) is 2.53. The monoisotopic (exact) mass is 295 g/mol. The molecule has 1 amide bonds. The molecule has 8 nitrogen and oxygen atoms in total. The summed E-state index contributed by atoms with van der Waals surface area (Å²) in [7, 11) is 1.56. The minimum Gasteiger partial charge on any atom is -0.394 e. The van der Waals surface area contributed by atoms with Gasteiger partial charge < -0.3 is 20.1 Å². The van der Waals surface area contributed by atoms with Gasteiger partial charge in [-0.3, -0.25) is 14.9 Å². The van der Waals surface area contributed by atoms with Gasteiger partial charge in [0.2, 0.25) is 0 Å². The van der Waals surface area contributed by atoms with Crippen molar-refractivity contribution in [3.63, 3.8) is 0 Å². The molecule has 0 aromatic heterocycles. The second-order valence-electron chi connectivity index (χ2n) is 4.62. The van der Waals surface area contributed by atoms with Crippen molar-refractivity contribution in [2.75, 3.05) is 38.7 Å². The van der Waals surface area contributed by atoms with E-state index in [1.54, 1.807) is 13.1 Å². The van der Waals surface area contributed by atoms with Crippen molar-refractivity contribution in [1.82, 2.24) is 4.90 Å². The largest absolute Gasteiger partial charge is 0.394 e. The Morgan fingerprint density at radius 1 is 1.62 bits per heavy atom. The first-order valence-electron chi connectivity index (χ1n) is 6.55. The molecule has 0 saturated carbocycles. The zero-order chi connectivity index (χ0) is 15.4. The van der Waals surface area contributed by atoms with Crippen LogP contribution in [-0.4, -0.2) is 60.3 Å². The van der Waals surface area contributed by atoms with Gasteiger partial charge in [-0.2, -0.15) is 0 Å². The number of nitrogens with one attached hydrogen (secondary N) is 1. The topological polar surface area (TPSA) is 105 Å². The lowest BCUT2D eigenvalue weighted by Crippen LogP contribution is -2.50. The zero-order valence-corrected chi connectivity index (χ0v) is 11.6. The first-order chi connectivity index (χ1) is 10.1. The number of para-hydroxylation sites is 1. The summed E-state index contributed by atoms with van der Waals surface area (Å²) in [5.74, 6) is -0.471. The molecule has 1 aromatic rings. The van der Waals surface area contributed by atoms with E-state index in [2.05, 4.69) is 5.32 Å². The van der Waals surface area contributed by atoms with Crippen LogP contribution in [0.3, 0.4) is 0 Å². The van der Waals surface area contributed by atoms with E-state index in [0.29, 0.717) is 13.2 Å². The molecule has 1 aromatic carbocycles. The number of amides is 1. The van der Waals surface area contributed by atoms with Gasteiger partial charge >= 0.3 is 5.69 Å². The van der Waals surface area contributed by atoms with Crippen LogP contribution in [-0.2, 0) is 4.74 Å². The van der Waals surface area contributed by atoms with Crippen LogP contribution in [0.2, 0.25) is 0 Å². The first-order valence-corrected chi connectivity index (χ1v) is 6.55. The van der Waals surface area contributed by atoms with Crippen LogP contribution in [0.25, 0.3) is 0 Å². The van der Waals surface area contributed by atoms with E-state index in [1.807, 2.05) is 0 Å². The van der Waals surface area contributed by atoms with Crippen molar-refractivity contribution in [1.29, 1.82) is 0 Å². The lowest BCUT2D eigenvalue weighted by Gasteiger charge is -2.34. The molecule has 114 valence electrons. The van der Waals surface area contributed by atoms with Gasteiger partial charge in [0.1, 0.15) is 11.3 Å². The summed E-state index contributed by atoms with van der Waals surface area (Å²) in [6.45, 7) is 0.625. The van der Waals surface area contributed by atoms with Gasteiger partial charge in [0, 0.05) is 13.6 Å². The lowest BCUT2D eigenvalue weighted by molar-refractivity contribution is -0.384. The molecule has 1 saturated heterocycles. The molecule has 0 radical (unpaired) electrons. The fraction of sp³-hybridized carbons (Fsp3) is 0.462. The number of benzene rings is 1. The van der Waals surface area contributed by atoms with Crippen LogP contribution >= 0.6 is 0 Å². The van der Waals surface area contributed by atoms with E-state index in [1.165, 1.54) is 17.0 Å². The lowest BCUT2D eigenvalue weighted by atomic mass is 10.1. The molecule has 0 bridgehead atoms.